The second kappa shape index (κ2) is 5.19. The molecule has 0 aliphatic heterocycles. The zero-order chi connectivity index (χ0) is 13.1. The van der Waals surface area contributed by atoms with Gasteiger partial charge in [0.2, 0.25) is 0 Å². The Hall–Kier alpha value is -2.22. The molecule has 0 aliphatic carbocycles. The Kier molecular flexibility index (Phi) is 3.23. The van der Waals surface area contributed by atoms with Crippen LogP contribution in [0.25, 0.3) is 22.3 Å². The summed E-state index contributed by atoms with van der Waals surface area (Å²) in [6.45, 7) is 2.82. The molecule has 0 radical (unpaired) electrons. The molecule has 0 aliphatic rings. The molecular formula is C17H16O2. The lowest BCUT2D eigenvalue weighted by Crippen LogP contribution is -1.96. The van der Waals surface area contributed by atoms with Gasteiger partial charge in [-0.05, 0) is 30.7 Å². The Morgan fingerprint density at radius 2 is 1.79 bits per heavy atom. The number of rotatable bonds is 4. The van der Waals surface area contributed by atoms with Crippen LogP contribution in [-0.4, -0.2) is 6.61 Å². The van der Waals surface area contributed by atoms with Crippen molar-refractivity contribution >= 4 is 11.0 Å². The SMILES string of the molecule is CCCOc1ccccc1-c1cc2ccccc2o1. The summed E-state index contributed by atoms with van der Waals surface area (Å²) >= 11 is 0. The number of hydrogen-bond donors (Lipinski definition) is 0. The van der Waals surface area contributed by atoms with Gasteiger partial charge in [-0.3, -0.25) is 0 Å². The molecule has 3 rings (SSSR count). The molecule has 0 saturated heterocycles. The Morgan fingerprint density at radius 3 is 2.63 bits per heavy atom. The lowest BCUT2D eigenvalue weighted by Gasteiger charge is -2.08. The third kappa shape index (κ3) is 2.34. The molecule has 2 heteroatoms. The number of fused-ring (bicyclic) bond motifs is 1. The normalized spacial score (nSPS) is 10.8. The lowest BCUT2D eigenvalue weighted by molar-refractivity contribution is 0.318. The van der Waals surface area contributed by atoms with Gasteiger partial charge < -0.3 is 9.15 Å². The van der Waals surface area contributed by atoms with Crippen LogP contribution in [0.3, 0.4) is 0 Å². The second-order valence-electron chi connectivity index (χ2n) is 4.49. The van der Waals surface area contributed by atoms with Gasteiger partial charge in [-0.25, -0.2) is 0 Å². The zero-order valence-corrected chi connectivity index (χ0v) is 10.9. The number of furan rings is 1. The molecule has 1 heterocycles. The minimum Gasteiger partial charge on any atom is -0.493 e. The van der Waals surface area contributed by atoms with Crippen molar-refractivity contribution in [3.63, 3.8) is 0 Å². The maximum atomic E-state index is 5.89. The van der Waals surface area contributed by atoms with E-state index < -0.39 is 0 Å². The molecule has 0 spiro atoms. The highest BCUT2D eigenvalue weighted by molar-refractivity contribution is 5.83. The highest BCUT2D eigenvalue weighted by Gasteiger charge is 2.10. The Balaban J connectivity index is 2.05. The molecule has 0 fully saturated rings. The molecule has 19 heavy (non-hydrogen) atoms. The van der Waals surface area contributed by atoms with E-state index in [0.717, 1.165) is 41.1 Å². The van der Waals surface area contributed by atoms with Crippen LogP contribution < -0.4 is 4.74 Å². The van der Waals surface area contributed by atoms with E-state index in [1.165, 1.54) is 0 Å². The number of para-hydroxylation sites is 2. The number of hydrogen-bond acceptors (Lipinski definition) is 2. The van der Waals surface area contributed by atoms with Crippen LogP contribution in [-0.2, 0) is 0 Å². The molecule has 0 bridgehead atoms. The Bertz CT molecular complexity index is 649. The van der Waals surface area contributed by atoms with Crippen LogP contribution in [0.5, 0.6) is 5.75 Å². The molecule has 2 aromatic carbocycles. The van der Waals surface area contributed by atoms with Gasteiger partial charge in [0.1, 0.15) is 17.1 Å². The summed E-state index contributed by atoms with van der Waals surface area (Å²) in [4.78, 5) is 0. The number of ether oxygens (including phenoxy) is 1. The number of benzene rings is 2. The van der Waals surface area contributed by atoms with Gasteiger partial charge in [-0.1, -0.05) is 37.3 Å². The first-order valence-corrected chi connectivity index (χ1v) is 6.59. The van der Waals surface area contributed by atoms with Crippen LogP contribution >= 0.6 is 0 Å². The predicted octanol–water partition coefficient (Wildman–Crippen LogP) is 4.89. The molecule has 3 aromatic rings. The Labute approximate surface area is 112 Å². The van der Waals surface area contributed by atoms with E-state index in [0.29, 0.717) is 0 Å². The van der Waals surface area contributed by atoms with E-state index in [1.807, 2.05) is 42.5 Å². The molecule has 0 N–H and O–H groups in total. The second-order valence-corrected chi connectivity index (χ2v) is 4.49. The average Bonchev–Trinajstić information content (AvgIpc) is 2.89. The van der Waals surface area contributed by atoms with E-state index in [9.17, 15) is 0 Å². The molecule has 1 aromatic heterocycles. The van der Waals surface area contributed by atoms with Crippen molar-refractivity contribution in [3.8, 4) is 17.1 Å². The molecule has 2 nitrogen and oxygen atoms in total. The summed E-state index contributed by atoms with van der Waals surface area (Å²) in [6.07, 6.45) is 0.995. The van der Waals surface area contributed by atoms with Gasteiger partial charge in [-0.15, -0.1) is 0 Å². The average molecular weight is 252 g/mol. The fourth-order valence-corrected chi connectivity index (χ4v) is 2.12. The third-order valence-electron chi connectivity index (χ3n) is 3.04. The summed E-state index contributed by atoms with van der Waals surface area (Å²) in [5, 5.41) is 1.11. The van der Waals surface area contributed by atoms with Crippen LogP contribution in [0.1, 0.15) is 13.3 Å². The highest BCUT2D eigenvalue weighted by Crippen LogP contribution is 2.33. The zero-order valence-electron chi connectivity index (χ0n) is 10.9. The molecule has 0 saturated carbocycles. The minimum atomic E-state index is 0.719. The van der Waals surface area contributed by atoms with Crippen LogP contribution in [0.2, 0.25) is 0 Å². The van der Waals surface area contributed by atoms with Crippen molar-refractivity contribution in [2.24, 2.45) is 0 Å². The van der Waals surface area contributed by atoms with Crippen molar-refractivity contribution in [3.05, 3.63) is 54.6 Å². The molecule has 0 atom stereocenters. The van der Waals surface area contributed by atoms with Crippen LogP contribution in [0, 0.1) is 0 Å². The van der Waals surface area contributed by atoms with Gasteiger partial charge in [0, 0.05) is 5.39 Å². The first-order chi connectivity index (χ1) is 9.38. The van der Waals surface area contributed by atoms with Gasteiger partial charge >= 0.3 is 0 Å². The molecule has 0 amide bonds. The van der Waals surface area contributed by atoms with E-state index in [1.54, 1.807) is 0 Å². The first-order valence-electron chi connectivity index (χ1n) is 6.59. The third-order valence-corrected chi connectivity index (χ3v) is 3.04. The molecular weight excluding hydrogens is 236 g/mol. The quantitative estimate of drug-likeness (QED) is 0.659. The summed E-state index contributed by atoms with van der Waals surface area (Å²) < 4.78 is 11.7. The standard InChI is InChI=1S/C17H16O2/c1-2-11-18-16-10-6-4-8-14(16)17-12-13-7-3-5-9-15(13)19-17/h3-10,12H,2,11H2,1H3. The topological polar surface area (TPSA) is 22.4 Å². The summed E-state index contributed by atoms with van der Waals surface area (Å²) in [5.41, 5.74) is 1.91. The summed E-state index contributed by atoms with van der Waals surface area (Å²) in [5.74, 6) is 1.73. The van der Waals surface area contributed by atoms with Crippen molar-refractivity contribution in [1.29, 1.82) is 0 Å². The largest absolute Gasteiger partial charge is 0.493 e. The van der Waals surface area contributed by atoms with E-state index in [-0.39, 0.29) is 0 Å². The fraction of sp³-hybridized carbons (Fsp3) is 0.176. The van der Waals surface area contributed by atoms with Gasteiger partial charge in [0.25, 0.3) is 0 Å². The van der Waals surface area contributed by atoms with Crippen LogP contribution in [0.15, 0.2) is 59.0 Å². The van der Waals surface area contributed by atoms with E-state index in [4.69, 9.17) is 9.15 Å². The maximum Gasteiger partial charge on any atom is 0.139 e. The first kappa shape index (κ1) is 11.8. The Morgan fingerprint density at radius 1 is 1.00 bits per heavy atom. The summed E-state index contributed by atoms with van der Waals surface area (Å²) in [7, 11) is 0. The van der Waals surface area contributed by atoms with E-state index in [2.05, 4.69) is 19.1 Å². The van der Waals surface area contributed by atoms with Gasteiger partial charge in [0.15, 0.2) is 0 Å². The van der Waals surface area contributed by atoms with Gasteiger partial charge in [0.05, 0.1) is 12.2 Å². The maximum absolute atomic E-state index is 5.89. The molecule has 0 unspecified atom stereocenters. The van der Waals surface area contributed by atoms with Crippen molar-refractivity contribution in [1.82, 2.24) is 0 Å². The lowest BCUT2D eigenvalue weighted by atomic mass is 10.1. The summed E-state index contributed by atoms with van der Waals surface area (Å²) in [6, 6.07) is 18.1. The monoisotopic (exact) mass is 252 g/mol. The van der Waals surface area contributed by atoms with Crippen molar-refractivity contribution in [2.75, 3.05) is 6.61 Å². The van der Waals surface area contributed by atoms with Crippen molar-refractivity contribution in [2.45, 2.75) is 13.3 Å². The van der Waals surface area contributed by atoms with Crippen molar-refractivity contribution < 1.29 is 9.15 Å². The fourth-order valence-electron chi connectivity index (χ4n) is 2.12. The van der Waals surface area contributed by atoms with Crippen LogP contribution in [0.4, 0.5) is 0 Å². The minimum absolute atomic E-state index is 0.719. The smallest absolute Gasteiger partial charge is 0.139 e. The van der Waals surface area contributed by atoms with Gasteiger partial charge in [-0.2, -0.15) is 0 Å². The van der Waals surface area contributed by atoms with E-state index >= 15 is 0 Å². The molecule has 96 valence electrons. The highest BCUT2D eigenvalue weighted by atomic mass is 16.5. The predicted molar refractivity (Wildman–Crippen MR) is 77.4 cm³/mol.